The van der Waals surface area contributed by atoms with Crippen LogP contribution in [0.5, 0.6) is 0 Å². The van der Waals surface area contributed by atoms with Gasteiger partial charge in [0, 0.05) is 23.2 Å². The van der Waals surface area contributed by atoms with Crippen molar-refractivity contribution in [1.29, 1.82) is 0 Å². The molecule has 33 heavy (non-hydrogen) atoms. The van der Waals surface area contributed by atoms with E-state index in [-0.39, 0.29) is 10.8 Å². The lowest BCUT2D eigenvalue weighted by Crippen LogP contribution is -2.23. The summed E-state index contributed by atoms with van der Waals surface area (Å²) in [6, 6.07) is 16.9. The van der Waals surface area contributed by atoms with E-state index < -0.39 is 16.6 Å². The van der Waals surface area contributed by atoms with Crippen LogP contribution >= 0.6 is 22.9 Å². The Morgan fingerprint density at radius 3 is 2.64 bits per heavy atom. The maximum Gasteiger partial charge on any atom is 0.273 e. The van der Waals surface area contributed by atoms with Crippen LogP contribution < -0.4 is 5.01 Å². The molecule has 0 aliphatic rings. The van der Waals surface area contributed by atoms with Gasteiger partial charge < -0.3 is 0 Å². The molecule has 164 valence electrons. The van der Waals surface area contributed by atoms with E-state index in [1.165, 1.54) is 54.8 Å². The molecule has 0 aliphatic heterocycles. The maximum atomic E-state index is 13.6. The van der Waals surface area contributed by atoms with Gasteiger partial charge >= 0.3 is 0 Å². The van der Waals surface area contributed by atoms with Crippen molar-refractivity contribution in [2.75, 3.05) is 5.01 Å². The number of hydrogen-bond donors (Lipinski definition) is 0. The molecule has 0 spiro atoms. The van der Waals surface area contributed by atoms with Crippen LogP contribution in [-0.2, 0) is 4.79 Å². The lowest BCUT2D eigenvalue weighted by molar-refractivity contribution is -0.384. The number of halogens is 2. The first-order valence-electron chi connectivity index (χ1n) is 9.52. The highest BCUT2D eigenvalue weighted by molar-refractivity contribution is 7.22. The van der Waals surface area contributed by atoms with Crippen molar-refractivity contribution in [3.63, 3.8) is 0 Å². The summed E-state index contributed by atoms with van der Waals surface area (Å²) in [5.41, 5.74) is 1.66. The minimum atomic E-state index is -0.507. The van der Waals surface area contributed by atoms with E-state index in [4.69, 9.17) is 11.6 Å². The minimum absolute atomic E-state index is 0.0593. The van der Waals surface area contributed by atoms with Crippen LogP contribution in [0.4, 0.5) is 15.2 Å². The van der Waals surface area contributed by atoms with E-state index >= 15 is 0 Å². The fraction of sp³-hybridized carbons (Fsp3) is 0. The van der Waals surface area contributed by atoms with Gasteiger partial charge in [0.05, 0.1) is 21.4 Å². The van der Waals surface area contributed by atoms with Crippen LogP contribution in [0.2, 0.25) is 5.02 Å². The summed E-state index contributed by atoms with van der Waals surface area (Å²) in [6.07, 6.45) is 4.25. The number of thiazole rings is 1. The van der Waals surface area contributed by atoms with Gasteiger partial charge in [0.2, 0.25) is 5.13 Å². The number of carbonyl (C=O) groups is 1. The number of benzene rings is 3. The first-order valence-corrected chi connectivity index (χ1v) is 10.7. The molecular formula is C23H14ClFN4O3S. The zero-order valence-electron chi connectivity index (χ0n) is 16.8. The molecule has 0 radical (unpaired) electrons. The number of non-ortho nitro benzene ring substituents is 1. The monoisotopic (exact) mass is 480 g/mol. The molecule has 1 amide bonds. The number of fused-ring (bicyclic) bond motifs is 1. The van der Waals surface area contributed by atoms with Gasteiger partial charge in [-0.1, -0.05) is 41.1 Å². The van der Waals surface area contributed by atoms with Crippen LogP contribution in [0, 0.1) is 15.9 Å². The number of carbonyl (C=O) groups excluding carboxylic acids is 1. The van der Waals surface area contributed by atoms with Crippen molar-refractivity contribution in [2.24, 2.45) is 5.10 Å². The van der Waals surface area contributed by atoms with Crippen molar-refractivity contribution < 1.29 is 14.1 Å². The average molecular weight is 481 g/mol. The van der Waals surface area contributed by atoms with E-state index in [1.54, 1.807) is 30.3 Å². The molecule has 0 saturated heterocycles. The number of amides is 1. The SMILES string of the molecule is O=C(/C=C/c1ccccc1Cl)N(/N=C/c1ccc([N+](=O)[O-])cc1)c1nc2ccc(F)cc2s1. The van der Waals surface area contributed by atoms with Crippen LogP contribution in [0.25, 0.3) is 16.3 Å². The Balaban J connectivity index is 1.68. The molecule has 0 aliphatic carbocycles. The number of hydrazone groups is 1. The smallest absolute Gasteiger partial charge is 0.267 e. The molecule has 1 aromatic heterocycles. The van der Waals surface area contributed by atoms with Crippen LogP contribution in [0.1, 0.15) is 11.1 Å². The molecular weight excluding hydrogens is 467 g/mol. The third kappa shape index (κ3) is 5.28. The summed E-state index contributed by atoms with van der Waals surface area (Å²) in [5, 5.41) is 16.9. The minimum Gasteiger partial charge on any atom is -0.267 e. The molecule has 0 N–H and O–H groups in total. The predicted molar refractivity (Wildman–Crippen MR) is 128 cm³/mol. The molecule has 0 fully saturated rings. The fourth-order valence-electron chi connectivity index (χ4n) is 2.83. The highest BCUT2D eigenvalue weighted by Crippen LogP contribution is 2.30. The number of nitro groups is 1. The predicted octanol–water partition coefficient (Wildman–Crippen LogP) is 6.08. The third-order valence-corrected chi connectivity index (χ3v) is 5.80. The zero-order valence-corrected chi connectivity index (χ0v) is 18.3. The Bertz CT molecular complexity index is 1400. The average Bonchev–Trinajstić information content (AvgIpc) is 3.21. The van der Waals surface area contributed by atoms with E-state index in [2.05, 4.69) is 10.1 Å². The van der Waals surface area contributed by atoms with Crippen molar-refractivity contribution in [2.45, 2.75) is 0 Å². The normalized spacial score (nSPS) is 11.5. The molecule has 3 aromatic carbocycles. The summed E-state index contributed by atoms with van der Waals surface area (Å²) >= 11 is 7.25. The Morgan fingerprint density at radius 1 is 1.15 bits per heavy atom. The van der Waals surface area contributed by atoms with Crippen molar-refractivity contribution in [3.8, 4) is 0 Å². The second kappa shape index (κ2) is 9.68. The quantitative estimate of drug-likeness (QED) is 0.145. The standard InChI is InChI=1S/C23H14ClFN4O3S/c24-19-4-2-1-3-16(19)7-12-22(30)28(23-27-20-11-8-17(25)13-21(20)33-23)26-14-15-5-9-18(10-6-15)29(31)32/h1-14H/b12-7+,26-14+. The highest BCUT2D eigenvalue weighted by Gasteiger charge is 2.18. The Kier molecular flexibility index (Phi) is 6.53. The molecule has 1 heterocycles. The van der Waals surface area contributed by atoms with Crippen LogP contribution in [0.3, 0.4) is 0 Å². The van der Waals surface area contributed by atoms with Crippen molar-refractivity contribution in [1.82, 2.24) is 4.98 Å². The fourth-order valence-corrected chi connectivity index (χ4v) is 3.98. The highest BCUT2D eigenvalue weighted by atomic mass is 35.5. The summed E-state index contributed by atoms with van der Waals surface area (Å²) < 4.78 is 14.2. The summed E-state index contributed by atoms with van der Waals surface area (Å²) in [4.78, 5) is 27.8. The number of rotatable bonds is 6. The van der Waals surface area contributed by atoms with Gasteiger partial charge in [-0.05, 0) is 53.6 Å². The van der Waals surface area contributed by atoms with E-state index in [0.29, 0.717) is 26.4 Å². The first-order chi connectivity index (χ1) is 15.9. The lowest BCUT2D eigenvalue weighted by atomic mass is 10.2. The Morgan fingerprint density at radius 2 is 1.91 bits per heavy atom. The molecule has 4 aromatic rings. The number of nitro benzene ring substituents is 1. The number of hydrogen-bond acceptors (Lipinski definition) is 6. The van der Waals surface area contributed by atoms with Gasteiger partial charge in [-0.25, -0.2) is 9.37 Å². The van der Waals surface area contributed by atoms with Gasteiger partial charge in [0.25, 0.3) is 11.6 Å². The van der Waals surface area contributed by atoms with Crippen LogP contribution in [0.15, 0.2) is 77.9 Å². The van der Waals surface area contributed by atoms with Gasteiger partial charge in [0.15, 0.2) is 0 Å². The second-order valence-electron chi connectivity index (χ2n) is 6.71. The Labute approximate surface area is 196 Å². The van der Waals surface area contributed by atoms with Gasteiger partial charge in [-0.2, -0.15) is 10.1 Å². The van der Waals surface area contributed by atoms with Gasteiger partial charge in [-0.15, -0.1) is 0 Å². The molecule has 0 atom stereocenters. The van der Waals surface area contributed by atoms with Crippen LogP contribution in [-0.4, -0.2) is 22.0 Å². The molecule has 7 nitrogen and oxygen atoms in total. The molecule has 4 rings (SSSR count). The van der Waals surface area contributed by atoms with E-state index in [9.17, 15) is 19.3 Å². The zero-order chi connectivity index (χ0) is 23.4. The van der Waals surface area contributed by atoms with E-state index in [0.717, 1.165) is 16.3 Å². The molecule has 0 saturated carbocycles. The topological polar surface area (TPSA) is 88.7 Å². The molecule has 0 bridgehead atoms. The van der Waals surface area contributed by atoms with E-state index in [1.807, 2.05) is 0 Å². The second-order valence-corrected chi connectivity index (χ2v) is 8.12. The summed E-state index contributed by atoms with van der Waals surface area (Å²) in [7, 11) is 0. The first kappa shape index (κ1) is 22.3. The number of aromatic nitrogens is 1. The molecule has 10 heteroatoms. The molecule has 0 unspecified atom stereocenters. The summed E-state index contributed by atoms with van der Waals surface area (Å²) in [6.45, 7) is 0. The van der Waals surface area contributed by atoms with Gasteiger partial charge in [-0.3, -0.25) is 14.9 Å². The number of anilines is 1. The van der Waals surface area contributed by atoms with Crippen molar-refractivity contribution in [3.05, 3.63) is 105 Å². The van der Waals surface area contributed by atoms with Gasteiger partial charge in [0.1, 0.15) is 5.82 Å². The Hall–Kier alpha value is -3.95. The largest absolute Gasteiger partial charge is 0.273 e. The lowest BCUT2D eigenvalue weighted by Gasteiger charge is -2.11. The van der Waals surface area contributed by atoms with Crippen molar-refractivity contribution >= 4 is 62.2 Å². The number of nitrogens with zero attached hydrogens (tertiary/aromatic N) is 4. The maximum absolute atomic E-state index is 13.6. The summed E-state index contributed by atoms with van der Waals surface area (Å²) in [5.74, 6) is -0.920. The third-order valence-electron chi connectivity index (χ3n) is 4.47.